The molecule has 0 bridgehead atoms. The second-order valence-electron chi connectivity index (χ2n) is 9.60. The highest BCUT2D eigenvalue weighted by molar-refractivity contribution is 8.03. The molecule has 0 saturated heterocycles. The van der Waals surface area contributed by atoms with E-state index in [9.17, 15) is 25.9 Å². The second kappa shape index (κ2) is 12.1. The summed E-state index contributed by atoms with van der Waals surface area (Å²) in [4.78, 5) is 3.19. The van der Waals surface area contributed by atoms with Gasteiger partial charge in [0.2, 0.25) is 5.52 Å². The number of thiazole rings is 1. The Morgan fingerprint density at radius 3 is 2.46 bits per heavy atom. The smallest absolute Gasteiger partial charge is 0.264 e. The van der Waals surface area contributed by atoms with E-state index in [0.29, 0.717) is 13.1 Å². The summed E-state index contributed by atoms with van der Waals surface area (Å²) in [6.07, 6.45) is 5.46. The lowest BCUT2D eigenvalue weighted by molar-refractivity contribution is -0.668. The molecular formula is C27H32N2O6S4. The SMILES string of the molecule is CCC(=C\c1sc2cc(C)ccc2[n+]1CCCS(=O)(=O)[O-])/C=C1/Sc2cc(C)ccc2N1CCCS(=O)(=O)O. The van der Waals surface area contributed by atoms with Crippen LogP contribution in [0.1, 0.15) is 42.3 Å². The molecule has 12 heteroatoms. The van der Waals surface area contributed by atoms with Crippen molar-refractivity contribution in [3.8, 4) is 0 Å². The summed E-state index contributed by atoms with van der Waals surface area (Å²) < 4.78 is 68.6. The van der Waals surface area contributed by atoms with E-state index in [1.54, 1.807) is 23.1 Å². The van der Waals surface area contributed by atoms with Gasteiger partial charge in [-0.25, -0.2) is 8.42 Å². The molecule has 0 atom stereocenters. The maximum atomic E-state index is 11.3. The third kappa shape index (κ3) is 7.92. The predicted molar refractivity (Wildman–Crippen MR) is 158 cm³/mol. The number of fused-ring (bicyclic) bond motifs is 2. The number of rotatable bonds is 11. The van der Waals surface area contributed by atoms with Crippen LogP contribution in [0, 0.1) is 13.8 Å². The van der Waals surface area contributed by atoms with Crippen LogP contribution in [0.25, 0.3) is 16.3 Å². The minimum absolute atomic E-state index is 0.228. The van der Waals surface area contributed by atoms with Gasteiger partial charge in [0.1, 0.15) is 4.70 Å². The summed E-state index contributed by atoms with van der Waals surface area (Å²) >= 11 is 3.25. The highest BCUT2D eigenvalue weighted by atomic mass is 32.2. The predicted octanol–water partition coefficient (Wildman–Crippen LogP) is 5.27. The molecule has 0 fully saturated rings. The number of aryl methyl sites for hydroxylation is 3. The van der Waals surface area contributed by atoms with Crippen LogP contribution in [-0.2, 0) is 26.8 Å². The fraction of sp³-hybridized carbons (Fsp3) is 0.370. The van der Waals surface area contributed by atoms with Crippen molar-refractivity contribution in [2.45, 2.75) is 51.5 Å². The molecule has 1 aliphatic rings. The number of allylic oxidation sites excluding steroid dienone is 2. The third-order valence-electron chi connectivity index (χ3n) is 6.36. The van der Waals surface area contributed by atoms with Crippen molar-refractivity contribution in [3.63, 3.8) is 0 Å². The Balaban J connectivity index is 1.71. The van der Waals surface area contributed by atoms with E-state index in [2.05, 4.69) is 40.7 Å². The molecule has 2 aromatic carbocycles. The van der Waals surface area contributed by atoms with E-state index in [1.807, 2.05) is 38.1 Å². The van der Waals surface area contributed by atoms with Crippen molar-refractivity contribution >= 4 is 65.3 Å². The van der Waals surface area contributed by atoms with Crippen LogP contribution in [0.3, 0.4) is 0 Å². The molecule has 0 radical (unpaired) electrons. The standard InChI is InChI=1S/C27H32N2O6S4/c1-4-21(17-26-28(11-5-13-38(30,31)32)22-9-7-19(2)15-24(22)36-26)18-27-29(12-6-14-39(33,34)35)23-10-8-20(3)16-25(23)37-27/h7-10,15-18H,4-6,11-14H2,1-3H3,(H-,30,31,32,33,34,35). The Hall–Kier alpha value is -2.22. The van der Waals surface area contributed by atoms with Gasteiger partial charge in [0.25, 0.3) is 15.1 Å². The van der Waals surface area contributed by atoms with Gasteiger partial charge in [-0.3, -0.25) is 4.55 Å². The van der Waals surface area contributed by atoms with Crippen LogP contribution < -0.4 is 9.47 Å². The largest absolute Gasteiger partial charge is 0.748 e. The fourth-order valence-corrected chi connectivity index (χ4v) is 7.97. The minimum Gasteiger partial charge on any atom is -0.748 e. The van der Waals surface area contributed by atoms with E-state index in [1.165, 1.54) is 0 Å². The van der Waals surface area contributed by atoms with Crippen molar-refractivity contribution in [3.05, 3.63) is 69.2 Å². The van der Waals surface area contributed by atoms with Crippen LogP contribution in [0.4, 0.5) is 5.69 Å². The number of aromatic nitrogens is 1. The van der Waals surface area contributed by atoms with Crippen LogP contribution in [0.2, 0.25) is 0 Å². The van der Waals surface area contributed by atoms with E-state index < -0.39 is 26.0 Å². The summed E-state index contributed by atoms with van der Waals surface area (Å²) in [6, 6.07) is 12.3. The Morgan fingerprint density at radius 1 is 1.05 bits per heavy atom. The second-order valence-corrected chi connectivity index (χ2v) is 14.8. The first-order valence-electron chi connectivity index (χ1n) is 12.6. The van der Waals surface area contributed by atoms with E-state index >= 15 is 0 Å². The molecule has 8 nitrogen and oxygen atoms in total. The van der Waals surface area contributed by atoms with Crippen LogP contribution >= 0.6 is 23.1 Å². The normalized spacial score (nSPS) is 15.5. The molecule has 4 rings (SSSR count). The van der Waals surface area contributed by atoms with Crippen molar-refractivity contribution in [2.75, 3.05) is 23.0 Å². The minimum atomic E-state index is -4.29. The third-order valence-corrected chi connectivity index (χ3v) is 10.1. The molecule has 1 N–H and O–H groups in total. The van der Waals surface area contributed by atoms with E-state index in [4.69, 9.17) is 0 Å². The van der Waals surface area contributed by atoms with Crippen molar-refractivity contribution in [1.29, 1.82) is 0 Å². The zero-order chi connectivity index (χ0) is 28.4. The first-order chi connectivity index (χ1) is 18.3. The molecule has 1 aromatic heterocycles. The number of hydrogen-bond acceptors (Lipinski definition) is 8. The van der Waals surface area contributed by atoms with Crippen LogP contribution in [0.5, 0.6) is 0 Å². The summed E-state index contributed by atoms with van der Waals surface area (Å²) in [5, 5.41) is 1.93. The first-order valence-corrected chi connectivity index (χ1v) is 17.4. The topological polar surface area (TPSA) is 119 Å². The molecule has 39 heavy (non-hydrogen) atoms. The average Bonchev–Trinajstić information content (AvgIpc) is 3.33. The summed E-state index contributed by atoms with van der Waals surface area (Å²) in [5.74, 6) is -0.719. The summed E-state index contributed by atoms with van der Waals surface area (Å²) in [7, 11) is -8.34. The first kappa shape index (κ1) is 29.8. The highest BCUT2D eigenvalue weighted by Gasteiger charge is 2.26. The van der Waals surface area contributed by atoms with Crippen LogP contribution in [0.15, 0.2) is 58.0 Å². The van der Waals surface area contributed by atoms with Crippen molar-refractivity contribution in [2.24, 2.45) is 0 Å². The van der Waals surface area contributed by atoms with Gasteiger partial charge in [0.15, 0.2) is 6.54 Å². The molecule has 0 amide bonds. The van der Waals surface area contributed by atoms with Crippen molar-refractivity contribution < 1.29 is 30.5 Å². The Kier molecular flexibility index (Phi) is 9.24. The number of anilines is 1. The molecule has 0 aliphatic carbocycles. The number of nitrogens with zero attached hydrogens (tertiary/aromatic N) is 2. The molecule has 0 unspecified atom stereocenters. The number of hydrogen-bond donors (Lipinski definition) is 1. The van der Waals surface area contributed by atoms with E-state index in [0.717, 1.165) is 54.0 Å². The lowest BCUT2D eigenvalue weighted by Crippen LogP contribution is -2.36. The zero-order valence-corrected chi connectivity index (χ0v) is 25.4. The van der Waals surface area contributed by atoms with Gasteiger partial charge in [-0.15, -0.1) is 0 Å². The quantitative estimate of drug-likeness (QED) is 0.231. The molecule has 1 aliphatic heterocycles. The maximum absolute atomic E-state index is 11.3. The van der Waals surface area contributed by atoms with Gasteiger partial charge in [-0.05, 0) is 67.7 Å². The van der Waals surface area contributed by atoms with Gasteiger partial charge in [-0.2, -0.15) is 13.0 Å². The molecule has 0 spiro atoms. The van der Waals surface area contributed by atoms with Gasteiger partial charge < -0.3 is 9.45 Å². The average molecular weight is 609 g/mol. The Bertz CT molecular complexity index is 1660. The Morgan fingerprint density at radius 2 is 1.77 bits per heavy atom. The fourth-order valence-electron chi connectivity index (χ4n) is 4.47. The lowest BCUT2D eigenvalue weighted by atomic mass is 10.1. The summed E-state index contributed by atoms with van der Waals surface area (Å²) in [5.41, 5.74) is 5.31. The summed E-state index contributed by atoms with van der Waals surface area (Å²) in [6.45, 7) is 6.97. The monoisotopic (exact) mass is 608 g/mol. The number of thioether (sulfide) groups is 1. The zero-order valence-electron chi connectivity index (χ0n) is 22.1. The van der Waals surface area contributed by atoms with Crippen molar-refractivity contribution in [1.82, 2.24) is 0 Å². The molecule has 0 saturated carbocycles. The maximum Gasteiger partial charge on any atom is 0.264 e. The van der Waals surface area contributed by atoms with Gasteiger partial charge in [0.05, 0.1) is 26.6 Å². The van der Waals surface area contributed by atoms with E-state index in [-0.39, 0.29) is 18.6 Å². The Labute approximate surface area is 238 Å². The molecule has 2 heterocycles. The molecule has 3 aromatic rings. The van der Waals surface area contributed by atoms with Crippen LogP contribution in [-0.4, -0.2) is 44.0 Å². The number of benzene rings is 2. The lowest BCUT2D eigenvalue weighted by Gasteiger charge is -2.20. The van der Waals surface area contributed by atoms with Gasteiger partial charge in [-0.1, -0.05) is 42.2 Å². The molecule has 210 valence electrons. The highest BCUT2D eigenvalue weighted by Crippen LogP contribution is 2.47. The molecular weight excluding hydrogens is 577 g/mol. The van der Waals surface area contributed by atoms with Gasteiger partial charge in [0, 0.05) is 35.8 Å². The van der Waals surface area contributed by atoms with Gasteiger partial charge >= 0.3 is 0 Å².